The fourth-order valence-electron chi connectivity index (χ4n) is 3.29. The molecule has 0 N–H and O–H groups in total. The van der Waals surface area contributed by atoms with Crippen LogP contribution in [0.5, 0.6) is 0 Å². The molecule has 3 heterocycles. The van der Waals surface area contributed by atoms with Crippen LogP contribution in [0.3, 0.4) is 0 Å². The quantitative estimate of drug-likeness (QED) is 0.289. The van der Waals surface area contributed by atoms with Crippen LogP contribution >= 0.6 is 11.8 Å². The van der Waals surface area contributed by atoms with Gasteiger partial charge in [-0.2, -0.15) is 0 Å². The number of halogens is 1. The highest BCUT2D eigenvalue weighted by Crippen LogP contribution is 2.25. The van der Waals surface area contributed by atoms with Crippen LogP contribution in [-0.4, -0.2) is 26.3 Å². The summed E-state index contributed by atoms with van der Waals surface area (Å²) >= 11 is 1.20. The second-order valence-electron chi connectivity index (χ2n) is 6.88. The molecule has 0 aliphatic heterocycles. The monoisotopic (exact) mass is 425 g/mol. The lowest BCUT2D eigenvalue weighted by molar-refractivity contribution is 0.102. The van der Waals surface area contributed by atoms with Crippen LogP contribution in [-0.2, 0) is 13.0 Å². The molecular formula is C22H20FN3O3S. The van der Waals surface area contributed by atoms with E-state index in [9.17, 15) is 9.18 Å². The Bertz CT molecular complexity index is 1150. The standard InChI is InChI=1S/C22H20FN3O3S/c1-14-12-18(15(2)26(14)10-9-16-5-7-17(23)8-6-16)19(27)13-30-22-25-24-21(29-22)20-4-3-11-28-20/h3-8,11-12H,9-10,13H2,1-2H3. The first kappa shape index (κ1) is 20.2. The van der Waals surface area contributed by atoms with Gasteiger partial charge in [0, 0.05) is 23.5 Å². The number of rotatable bonds is 8. The predicted octanol–water partition coefficient (Wildman–Crippen LogP) is 5.10. The van der Waals surface area contributed by atoms with Crippen molar-refractivity contribution in [2.45, 2.75) is 32.0 Å². The van der Waals surface area contributed by atoms with Gasteiger partial charge in [0.1, 0.15) is 5.82 Å². The SMILES string of the molecule is Cc1cc(C(=O)CSc2nnc(-c3ccco3)o2)c(C)n1CCc1ccc(F)cc1. The van der Waals surface area contributed by atoms with Gasteiger partial charge in [-0.3, -0.25) is 4.79 Å². The van der Waals surface area contributed by atoms with Gasteiger partial charge in [-0.1, -0.05) is 23.9 Å². The molecule has 3 aromatic heterocycles. The van der Waals surface area contributed by atoms with E-state index in [0.717, 1.165) is 29.9 Å². The van der Waals surface area contributed by atoms with Gasteiger partial charge in [0.2, 0.25) is 0 Å². The first-order valence-corrected chi connectivity index (χ1v) is 10.4. The lowest BCUT2D eigenvalue weighted by atomic mass is 10.1. The number of aryl methyl sites for hydroxylation is 2. The molecule has 30 heavy (non-hydrogen) atoms. The Balaban J connectivity index is 1.39. The van der Waals surface area contributed by atoms with E-state index in [-0.39, 0.29) is 23.2 Å². The van der Waals surface area contributed by atoms with Crippen LogP contribution < -0.4 is 0 Å². The lowest BCUT2D eigenvalue weighted by Crippen LogP contribution is -2.08. The Hall–Kier alpha value is -3.13. The molecule has 0 bridgehead atoms. The zero-order chi connectivity index (χ0) is 21.1. The highest BCUT2D eigenvalue weighted by atomic mass is 32.2. The fourth-order valence-corrected chi connectivity index (χ4v) is 3.94. The summed E-state index contributed by atoms with van der Waals surface area (Å²) in [5.41, 5.74) is 3.67. The first-order chi connectivity index (χ1) is 14.5. The molecule has 4 rings (SSSR count). The van der Waals surface area contributed by atoms with Gasteiger partial charge in [-0.05, 0) is 56.2 Å². The molecule has 0 radical (unpaired) electrons. The molecule has 0 unspecified atom stereocenters. The number of carbonyl (C=O) groups excluding carboxylic acids is 1. The number of hydrogen-bond donors (Lipinski definition) is 0. The Morgan fingerprint density at radius 1 is 1.17 bits per heavy atom. The molecule has 154 valence electrons. The topological polar surface area (TPSA) is 74.1 Å². The molecule has 0 saturated carbocycles. The summed E-state index contributed by atoms with van der Waals surface area (Å²) < 4.78 is 25.9. The van der Waals surface area contributed by atoms with Crippen molar-refractivity contribution in [2.24, 2.45) is 0 Å². The second-order valence-corrected chi connectivity index (χ2v) is 7.80. The summed E-state index contributed by atoms with van der Waals surface area (Å²) in [7, 11) is 0. The van der Waals surface area contributed by atoms with E-state index >= 15 is 0 Å². The second kappa shape index (κ2) is 8.71. The molecule has 0 aliphatic rings. The summed E-state index contributed by atoms with van der Waals surface area (Å²) in [6.45, 7) is 4.65. The largest absolute Gasteiger partial charge is 0.459 e. The van der Waals surface area contributed by atoms with Gasteiger partial charge in [-0.25, -0.2) is 4.39 Å². The van der Waals surface area contributed by atoms with Crippen LogP contribution in [0.2, 0.25) is 0 Å². The van der Waals surface area contributed by atoms with Gasteiger partial charge in [-0.15, -0.1) is 10.2 Å². The van der Waals surface area contributed by atoms with E-state index < -0.39 is 0 Å². The maximum Gasteiger partial charge on any atom is 0.284 e. The van der Waals surface area contributed by atoms with E-state index in [0.29, 0.717) is 16.5 Å². The van der Waals surface area contributed by atoms with Crippen molar-refractivity contribution in [1.29, 1.82) is 0 Å². The van der Waals surface area contributed by atoms with Crippen molar-refractivity contribution in [2.75, 3.05) is 5.75 Å². The Morgan fingerprint density at radius 2 is 1.97 bits per heavy atom. The van der Waals surface area contributed by atoms with Crippen molar-refractivity contribution >= 4 is 17.5 Å². The number of benzene rings is 1. The summed E-state index contributed by atoms with van der Waals surface area (Å²) in [5.74, 6) is 0.732. The summed E-state index contributed by atoms with van der Waals surface area (Å²) in [5, 5.41) is 8.21. The molecular weight excluding hydrogens is 405 g/mol. The minimum absolute atomic E-state index is 0.00104. The van der Waals surface area contributed by atoms with Crippen molar-refractivity contribution in [1.82, 2.24) is 14.8 Å². The van der Waals surface area contributed by atoms with E-state index in [4.69, 9.17) is 8.83 Å². The van der Waals surface area contributed by atoms with Crippen molar-refractivity contribution in [3.8, 4) is 11.7 Å². The maximum atomic E-state index is 13.1. The average molecular weight is 425 g/mol. The van der Waals surface area contributed by atoms with Crippen LogP contribution in [0, 0.1) is 19.7 Å². The molecule has 0 amide bonds. The molecule has 8 heteroatoms. The molecule has 0 atom stereocenters. The average Bonchev–Trinajstić information content (AvgIpc) is 3.47. The highest BCUT2D eigenvalue weighted by Gasteiger charge is 2.18. The molecule has 4 aromatic rings. The van der Waals surface area contributed by atoms with E-state index in [1.807, 2.05) is 19.9 Å². The molecule has 0 saturated heterocycles. The van der Waals surface area contributed by atoms with Gasteiger partial charge >= 0.3 is 0 Å². The third-order valence-electron chi connectivity index (χ3n) is 4.88. The van der Waals surface area contributed by atoms with Crippen molar-refractivity contribution in [3.63, 3.8) is 0 Å². The van der Waals surface area contributed by atoms with Gasteiger partial charge < -0.3 is 13.4 Å². The maximum absolute atomic E-state index is 13.1. The van der Waals surface area contributed by atoms with Crippen LogP contribution in [0.4, 0.5) is 4.39 Å². The Morgan fingerprint density at radius 3 is 2.70 bits per heavy atom. The molecule has 0 spiro atoms. The summed E-state index contributed by atoms with van der Waals surface area (Å²) in [6.07, 6.45) is 2.29. The van der Waals surface area contributed by atoms with E-state index in [2.05, 4.69) is 14.8 Å². The van der Waals surface area contributed by atoms with Crippen molar-refractivity contribution in [3.05, 3.63) is 77.1 Å². The number of carbonyl (C=O) groups is 1. The third kappa shape index (κ3) is 4.38. The molecule has 0 aliphatic carbocycles. The number of Topliss-reactive ketones (excluding diaryl/α,β-unsaturated/α-hetero) is 1. The fraction of sp³-hybridized carbons (Fsp3) is 0.227. The van der Waals surface area contributed by atoms with Crippen LogP contribution in [0.15, 0.2) is 62.8 Å². The van der Waals surface area contributed by atoms with E-state index in [1.54, 1.807) is 24.3 Å². The number of aromatic nitrogens is 3. The summed E-state index contributed by atoms with van der Waals surface area (Å²) in [6, 6.07) is 11.9. The minimum atomic E-state index is -0.241. The third-order valence-corrected chi connectivity index (χ3v) is 5.70. The van der Waals surface area contributed by atoms with Gasteiger partial charge in [0.15, 0.2) is 11.5 Å². The molecule has 6 nitrogen and oxygen atoms in total. The number of hydrogen-bond acceptors (Lipinski definition) is 6. The normalized spacial score (nSPS) is 11.2. The minimum Gasteiger partial charge on any atom is -0.459 e. The zero-order valence-electron chi connectivity index (χ0n) is 16.6. The number of thioether (sulfide) groups is 1. The zero-order valence-corrected chi connectivity index (χ0v) is 17.4. The number of nitrogens with zero attached hydrogens (tertiary/aromatic N) is 3. The first-order valence-electron chi connectivity index (χ1n) is 9.46. The van der Waals surface area contributed by atoms with E-state index in [1.165, 1.54) is 30.2 Å². The predicted molar refractivity (Wildman–Crippen MR) is 111 cm³/mol. The Labute approximate surface area is 177 Å². The van der Waals surface area contributed by atoms with Gasteiger partial charge in [0.25, 0.3) is 11.1 Å². The van der Waals surface area contributed by atoms with Crippen molar-refractivity contribution < 1.29 is 18.0 Å². The van der Waals surface area contributed by atoms with Crippen LogP contribution in [0.25, 0.3) is 11.7 Å². The molecule has 1 aromatic carbocycles. The lowest BCUT2D eigenvalue weighted by Gasteiger charge is -2.10. The smallest absolute Gasteiger partial charge is 0.284 e. The molecule has 0 fully saturated rings. The highest BCUT2D eigenvalue weighted by molar-refractivity contribution is 7.99. The van der Waals surface area contributed by atoms with Crippen LogP contribution in [0.1, 0.15) is 27.3 Å². The summed E-state index contributed by atoms with van der Waals surface area (Å²) in [4.78, 5) is 12.8. The number of ketones is 1. The Kier molecular flexibility index (Phi) is 5.85. The number of furan rings is 1. The van der Waals surface area contributed by atoms with Gasteiger partial charge in [0.05, 0.1) is 12.0 Å².